The third-order valence-corrected chi connectivity index (χ3v) is 4.18. The van der Waals surface area contributed by atoms with Crippen LogP contribution in [0.1, 0.15) is 13.8 Å². The van der Waals surface area contributed by atoms with Gasteiger partial charge in [0.05, 0.1) is 6.04 Å². The molecule has 0 aromatic heterocycles. The summed E-state index contributed by atoms with van der Waals surface area (Å²) in [6.45, 7) is 7.54. The Morgan fingerprint density at radius 3 is 2.36 bits per heavy atom. The summed E-state index contributed by atoms with van der Waals surface area (Å²) in [5, 5.41) is 2.91. The number of nitrogens with one attached hydrogen (secondary N) is 1. The van der Waals surface area contributed by atoms with Crippen LogP contribution in [0.2, 0.25) is 0 Å². The Morgan fingerprint density at radius 2 is 1.82 bits per heavy atom. The molecule has 122 valence electrons. The van der Waals surface area contributed by atoms with E-state index in [2.05, 4.69) is 15.1 Å². The van der Waals surface area contributed by atoms with Crippen LogP contribution in [0, 0.1) is 5.82 Å². The lowest BCUT2D eigenvalue weighted by molar-refractivity contribution is -0.126. The van der Waals surface area contributed by atoms with Crippen molar-refractivity contribution < 1.29 is 9.18 Å². The van der Waals surface area contributed by atoms with Gasteiger partial charge in [0.15, 0.2) is 0 Å². The van der Waals surface area contributed by atoms with E-state index in [9.17, 15) is 9.18 Å². The molecule has 1 unspecified atom stereocenters. The van der Waals surface area contributed by atoms with Crippen molar-refractivity contribution in [3.05, 3.63) is 30.1 Å². The zero-order valence-electron chi connectivity index (χ0n) is 13.3. The molecule has 3 N–H and O–H groups in total. The van der Waals surface area contributed by atoms with Crippen molar-refractivity contribution in [2.75, 3.05) is 37.6 Å². The molecule has 6 heteroatoms. The van der Waals surface area contributed by atoms with Gasteiger partial charge in [-0.15, -0.1) is 0 Å². The second-order valence-corrected chi connectivity index (χ2v) is 5.82. The molecular formula is C16H25FN4O. The fourth-order valence-corrected chi connectivity index (χ4v) is 2.61. The van der Waals surface area contributed by atoms with Crippen LogP contribution in [0.25, 0.3) is 0 Å². The molecule has 1 heterocycles. The lowest BCUT2D eigenvalue weighted by Gasteiger charge is -2.38. The minimum atomic E-state index is -0.221. The molecule has 0 radical (unpaired) electrons. The number of nitrogens with two attached hydrogens (primary N) is 1. The minimum Gasteiger partial charge on any atom is -0.369 e. The summed E-state index contributed by atoms with van der Waals surface area (Å²) in [5.74, 6) is -0.199. The fraction of sp³-hybridized carbons (Fsp3) is 0.562. The first-order valence-corrected chi connectivity index (χ1v) is 7.76. The van der Waals surface area contributed by atoms with Gasteiger partial charge in [-0.25, -0.2) is 4.39 Å². The van der Waals surface area contributed by atoms with Crippen molar-refractivity contribution in [2.45, 2.75) is 25.9 Å². The molecule has 1 fully saturated rings. The van der Waals surface area contributed by atoms with Crippen molar-refractivity contribution in [3.8, 4) is 0 Å². The highest BCUT2D eigenvalue weighted by atomic mass is 19.1. The van der Waals surface area contributed by atoms with Crippen LogP contribution >= 0.6 is 0 Å². The van der Waals surface area contributed by atoms with Crippen molar-refractivity contribution in [3.63, 3.8) is 0 Å². The summed E-state index contributed by atoms with van der Waals surface area (Å²) in [6, 6.07) is 6.38. The van der Waals surface area contributed by atoms with Crippen molar-refractivity contribution in [2.24, 2.45) is 5.73 Å². The first kappa shape index (κ1) is 16.7. The molecule has 1 aromatic rings. The largest absolute Gasteiger partial charge is 0.369 e. The van der Waals surface area contributed by atoms with Gasteiger partial charge in [-0.2, -0.15) is 0 Å². The number of nitrogens with zero attached hydrogens (tertiary/aromatic N) is 2. The number of carbonyl (C=O) groups excluding carboxylic acids is 1. The smallest absolute Gasteiger partial charge is 0.237 e. The number of halogens is 1. The van der Waals surface area contributed by atoms with Crippen LogP contribution in [0.5, 0.6) is 0 Å². The van der Waals surface area contributed by atoms with Crippen LogP contribution in [0.15, 0.2) is 24.3 Å². The van der Waals surface area contributed by atoms with E-state index in [4.69, 9.17) is 5.73 Å². The molecular weight excluding hydrogens is 283 g/mol. The number of carbonyl (C=O) groups is 1. The standard InChI is InChI=1S/C16H25FN4O/c1-12(11-18)19-16(22)13(2)20-7-9-21(10-8-20)15-5-3-14(17)4-6-15/h3-6,12-13H,7-11,18H2,1-2H3,(H,19,22)/t12-,13?/m0/s1. The number of anilines is 1. The van der Waals surface area contributed by atoms with Gasteiger partial charge in [-0.05, 0) is 38.1 Å². The average Bonchev–Trinajstić information content (AvgIpc) is 2.55. The van der Waals surface area contributed by atoms with E-state index in [-0.39, 0.29) is 23.8 Å². The molecule has 1 aliphatic heterocycles. The molecule has 2 rings (SSSR count). The Hall–Kier alpha value is -1.66. The molecule has 1 saturated heterocycles. The maximum absolute atomic E-state index is 13.0. The Balaban J connectivity index is 1.86. The highest BCUT2D eigenvalue weighted by molar-refractivity contribution is 5.81. The van der Waals surface area contributed by atoms with Gasteiger partial charge >= 0.3 is 0 Å². The maximum Gasteiger partial charge on any atom is 0.237 e. The first-order valence-electron chi connectivity index (χ1n) is 7.76. The number of benzene rings is 1. The first-order chi connectivity index (χ1) is 10.5. The third-order valence-electron chi connectivity index (χ3n) is 4.18. The molecule has 2 atom stereocenters. The van der Waals surface area contributed by atoms with Gasteiger partial charge in [0, 0.05) is 44.5 Å². The Kier molecular flexibility index (Phi) is 5.74. The highest BCUT2D eigenvalue weighted by Gasteiger charge is 2.26. The van der Waals surface area contributed by atoms with Gasteiger partial charge < -0.3 is 16.0 Å². The maximum atomic E-state index is 13.0. The van der Waals surface area contributed by atoms with Crippen LogP contribution < -0.4 is 16.0 Å². The molecule has 1 aromatic carbocycles. The molecule has 1 aliphatic rings. The Labute approximate surface area is 131 Å². The molecule has 0 aliphatic carbocycles. The number of rotatable bonds is 5. The van der Waals surface area contributed by atoms with Crippen molar-refractivity contribution >= 4 is 11.6 Å². The van der Waals surface area contributed by atoms with E-state index in [1.165, 1.54) is 12.1 Å². The molecule has 22 heavy (non-hydrogen) atoms. The van der Waals surface area contributed by atoms with E-state index in [1.807, 2.05) is 13.8 Å². The van der Waals surface area contributed by atoms with E-state index in [0.29, 0.717) is 6.54 Å². The lowest BCUT2D eigenvalue weighted by atomic mass is 10.2. The molecule has 1 amide bonds. The van der Waals surface area contributed by atoms with E-state index >= 15 is 0 Å². The number of hydrogen-bond acceptors (Lipinski definition) is 4. The normalized spacial score (nSPS) is 18.8. The Bertz CT molecular complexity index is 485. The Morgan fingerprint density at radius 1 is 1.23 bits per heavy atom. The highest BCUT2D eigenvalue weighted by Crippen LogP contribution is 2.17. The van der Waals surface area contributed by atoms with Crippen LogP contribution in [-0.2, 0) is 4.79 Å². The SMILES string of the molecule is CC(C(=O)N[C@@H](C)CN)N1CCN(c2ccc(F)cc2)CC1. The van der Waals surface area contributed by atoms with Crippen molar-refractivity contribution in [1.82, 2.24) is 10.2 Å². The zero-order valence-corrected chi connectivity index (χ0v) is 13.3. The topological polar surface area (TPSA) is 61.6 Å². The molecule has 0 saturated carbocycles. The summed E-state index contributed by atoms with van der Waals surface area (Å²) in [4.78, 5) is 16.5. The molecule has 0 bridgehead atoms. The minimum absolute atomic E-state index is 0.00421. The van der Waals surface area contributed by atoms with E-state index in [1.54, 1.807) is 12.1 Å². The van der Waals surface area contributed by atoms with E-state index < -0.39 is 0 Å². The zero-order chi connectivity index (χ0) is 16.1. The second kappa shape index (κ2) is 7.56. The predicted molar refractivity (Wildman–Crippen MR) is 86.3 cm³/mol. The number of hydrogen-bond donors (Lipinski definition) is 2. The van der Waals surface area contributed by atoms with Gasteiger partial charge in [-0.3, -0.25) is 9.69 Å². The van der Waals surface area contributed by atoms with Gasteiger partial charge in [-0.1, -0.05) is 0 Å². The summed E-state index contributed by atoms with van der Waals surface area (Å²) in [7, 11) is 0. The monoisotopic (exact) mass is 308 g/mol. The van der Waals surface area contributed by atoms with Crippen LogP contribution in [-0.4, -0.2) is 55.6 Å². The molecule has 0 spiro atoms. The summed E-state index contributed by atoms with van der Waals surface area (Å²) >= 11 is 0. The number of piperazine rings is 1. The fourth-order valence-electron chi connectivity index (χ4n) is 2.61. The summed E-state index contributed by atoms with van der Waals surface area (Å²) < 4.78 is 13.0. The van der Waals surface area contributed by atoms with Crippen LogP contribution in [0.4, 0.5) is 10.1 Å². The lowest BCUT2D eigenvalue weighted by Crippen LogP contribution is -2.55. The predicted octanol–water partition coefficient (Wildman–Crippen LogP) is 0.800. The van der Waals surface area contributed by atoms with Crippen LogP contribution in [0.3, 0.4) is 0 Å². The van der Waals surface area contributed by atoms with E-state index in [0.717, 1.165) is 31.9 Å². The average molecular weight is 308 g/mol. The third kappa shape index (κ3) is 4.18. The van der Waals surface area contributed by atoms with Crippen molar-refractivity contribution in [1.29, 1.82) is 0 Å². The molecule has 5 nitrogen and oxygen atoms in total. The summed E-state index contributed by atoms with van der Waals surface area (Å²) in [6.07, 6.45) is 0. The second-order valence-electron chi connectivity index (χ2n) is 5.82. The summed E-state index contributed by atoms with van der Waals surface area (Å²) in [5.41, 5.74) is 6.55. The van der Waals surface area contributed by atoms with Gasteiger partial charge in [0.1, 0.15) is 5.82 Å². The van der Waals surface area contributed by atoms with Gasteiger partial charge in [0.2, 0.25) is 5.91 Å². The van der Waals surface area contributed by atoms with Gasteiger partial charge in [0.25, 0.3) is 0 Å². The quantitative estimate of drug-likeness (QED) is 0.845. The number of amides is 1.